The second-order valence-electron chi connectivity index (χ2n) is 3.68. The molecule has 0 bridgehead atoms. The van der Waals surface area contributed by atoms with Gasteiger partial charge in [-0.25, -0.2) is 0 Å². The van der Waals surface area contributed by atoms with Crippen molar-refractivity contribution in [2.24, 2.45) is 5.41 Å². The van der Waals surface area contributed by atoms with Gasteiger partial charge in [0.25, 0.3) is 0 Å². The van der Waals surface area contributed by atoms with Crippen LogP contribution in [-0.4, -0.2) is 0 Å². The summed E-state index contributed by atoms with van der Waals surface area (Å²) in [7, 11) is 0. The fourth-order valence-electron chi connectivity index (χ4n) is 1.34. The molecule has 1 fully saturated rings. The van der Waals surface area contributed by atoms with Gasteiger partial charge in [-0.1, -0.05) is 30.7 Å². The Morgan fingerprint density at radius 2 is 2.09 bits per heavy atom. The van der Waals surface area contributed by atoms with Crippen LogP contribution in [0.1, 0.15) is 27.2 Å². The van der Waals surface area contributed by atoms with E-state index in [4.69, 9.17) is 0 Å². The lowest BCUT2D eigenvalue weighted by Crippen LogP contribution is -1.86. The Kier molecular flexibility index (Phi) is 1.79. The lowest BCUT2D eigenvalue weighted by Gasteiger charge is -2.01. The van der Waals surface area contributed by atoms with Crippen LogP contribution < -0.4 is 0 Å². The topological polar surface area (TPSA) is 0 Å². The first kappa shape index (κ1) is 8.32. The summed E-state index contributed by atoms with van der Waals surface area (Å²) in [6.07, 6.45) is 3.21. The molecule has 0 aliphatic heterocycles. The lowest BCUT2D eigenvalue weighted by molar-refractivity contribution is 0.784. The van der Waals surface area contributed by atoms with Crippen LogP contribution in [0.5, 0.6) is 0 Å². The Bertz CT molecular complexity index is 243. The predicted molar refractivity (Wildman–Crippen MR) is 50.4 cm³/mol. The molecule has 0 nitrogen and oxygen atoms in total. The molecular formula is C11H16. The summed E-state index contributed by atoms with van der Waals surface area (Å²) in [5.41, 5.74) is 4.36. The van der Waals surface area contributed by atoms with Crippen LogP contribution in [0.15, 0.2) is 36.0 Å². The first-order valence-corrected chi connectivity index (χ1v) is 4.01. The molecular weight excluding hydrogens is 132 g/mol. The van der Waals surface area contributed by atoms with Crippen molar-refractivity contribution in [2.45, 2.75) is 27.2 Å². The molecule has 60 valence electrons. The van der Waals surface area contributed by atoms with E-state index in [1.807, 2.05) is 6.08 Å². The maximum absolute atomic E-state index is 3.92. The molecule has 0 N–H and O–H groups in total. The second-order valence-corrected chi connectivity index (χ2v) is 3.68. The summed E-state index contributed by atoms with van der Waals surface area (Å²) in [6.45, 7) is 14.2. The highest BCUT2D eigenvalue weighted by Gasteiger charge is 2.42. The SMILES string of the molecule is C=CC1(C)C/C1=C(/C)C(=C)C. The third-order valence-corrected chi connectivity index (χ3v) is 2.65. The Morgan fingerprint density at radius 1 is 1.55 bits per heavy atom. The minimum Gasteiger partial charge on any atom is -0.102 e. The third-order valence-electron chi connectivity index (χ3n) is 2.65. The molecule has 1 atom stereocenters. The zero-order chi connectivity index (χ0) is 8.65. The Morgan fingerprint density at radius 3 is 2.36 bits per heavy atom. The minimum atomic E-state index is 0.295. The summed E-state index contributed by atoms with van der Waals surface area (Å²) in [5, 5.41) is 0. The molecule has 0 aromatic carbocycles. The number of hydrogen-bond acceptors (Lipinski definition) is 0. The number of rotatable bonds is 2. The third kappa shape index (κ3) is 1.30. The van der Waals surface area contributed by atoms with Gasteiger partial charge in [0.15, 0.2) is 0 Å². The van der Waals surface area contributed by atoms with E-state index in [9.17, 15) is 0 Å². The van der Waals surface area contributed by atoms with Crippen molar-refractivity contribution in [1.29, 1.82) is 0 Å². The normalized spacial score (nSPS) is 33.0. The molecule has 0 aromatic heterocycles. The van der Waals surface area contributed by atoms with Crippen LogP contribution in [-0.2, 0) is 0 Å². The lowest BCUT2D eigenvalue weighted by atomic mass is 10.0. The molecule has 0 spiro atoms. The standard InChI is InChI=1S/C11H16/c1-6-11(5)7-10(11)9(4)8(2)3/h6H,1-2,7H2,3-5H3/b10-9+. The molecule has 1 saturated carbocycles. The van der Waals surface area contributed by atoms with E-state index < -0.39 is 0 Å². The molecule has 0 saturated heterocycles. The van der Waals surface area contributed by atoms with Crippen molar-refractivity contribution in [3.05, 3.63) is 36.0 Å². The summed E-state index contributed by atoms with van der Waals surface area (Å²) in [5.74, 6) is 0. The Hall–Kier alpha value is -0.780. The van der Waals surface area contributed by atoms with E-state index in [2.05, 4.69) is 33.9 Å². The van der Waals surface area contributed by atoms with E-state index in [0.717, 1.165) is 0 Å². The maximum Gasteiger partial charge on any atom is 0.0104 e. The Labute approximate surface area is 69.3 Å². The van der Waals surface area contributed by atoms with Gasteiger partial charge in [0.05, 0.1) is 0 Å². The van der Waals surface area contributed by atoms with Gasteiger partial charge in [0.2, 0.25) is 0 Å². The van der Waals surface area contributed by atoms with Gasteiger partial charge < -0.3 is 0 Å². The van der Waals surface area contributed by atoms with Crippen LogP contribution in [0.4, 0.5) is 0 Å². The molecule has 11 heavy (non-hydrogen) atoms. The maximum atomic E-state index is 3.92. The zero-order valence-electron chi connectivity index (χ0n) is 7.70. The van der Waals surface area contributed by atoms with Gasteiger partial charge in [-0.2, -0.15) is 0 Å². The average Bonchev–Trinajstić information content (AvgIpc) is 2.62. The fraction of sp³-hybridized carbons (Fsp3) is 0.455. The van der Waals surface area contributed by atoms with E-state index in [0.29, 0.717) is 5.41 Å². The molecule has 1 rings (SSSR count). The molecule has 1 aliphatic carbocycles. The zero-order valence-corrected chi connectivity index (χ0v) is 7.70. The van der Waals surface area contributed by atoms with Crippen LogP contribution >= 0.6 is 0 Å². The van der Waals surface area contributed by atoms with Crippen molar-refractivity contribution < 1.29 is 0 Å². The van der Waals surface area contributed by atoms with Gasteiger partial charge in [-0.15, -0.1) is 6.58 Å². The smallest absolute Gasteiger partial charge is 0.0104 e. The largest absolute Gasteiger partial charge is 0.102 e. The molecule has 1 aliphatic rings. The number of hydrogen-bond donors (Lipinski definition) is 0. The van der Waals surface area contributed by atoms with Gasteiger partial charge in [0.1, 0.15) is 0 Å². The van der Waals surface area contributed by atoms with E-state index in [1.54, 1.807) is 0 Å². The molecule has 0 amide bonds. The van der Waals surface area contributed by atoms with E-state index in [-0.39, 0.29) is 0 Å². The van der Waals surface area contributed by atoms with E-state index in [1.165, 1.54) is 23.1 Å². The monoisotopic (exact) mass is 148 g/mol. The van der Waals surface area contributed by atoms with Crippen molar-refractivity contribution in [2.75, 3.05) is 0 Å². The van der Waals surface area contributed by atoms with E-state index >= 15 is 0 Å². The summed E-state index contributed by atoms with van der Waals surface area (Å²) < 4.78 is 0. The van der Waals surface area contributed by atoms with Crippen molar-refractivity contribution in [3.63, 3.8) is 0 Å². The highest BCUT2D eigenvalue weighted by Crippen LogP contribution is 2.54. The first-order chi connectivity index (χ1) is 5.01. The molecule has 0 radical (unpaired) electrons. The highest BCUT2D eigenvalue weighted by atomic mass is 14.5. The van der Waals surface area contributed by atoms with Gasteiger partial charge >= 0.3 is 0 Å². The molecule has 0 heterocycles. The van der Waals surface area contributed by atoms with Crippen LogP contribution in [0.25, 0.3) is 0 Å². The van der Waals surface area contributed by atoms with Gasteiger partial charge in [-0.05, 0) is 25.8 Å². The second kappa shape index (κ2) is 2.37. The van der Waals surface area contributed by atoms with Crippen molar-refractivity contribution in [1.82, 2.24) is 0 Å². The van der Waals surface area contributed by atoms with Crippen LogP contribution in [0, 0.1) is 5.41 Å². The van der Waals surface area contributed by atoms with Crippen molar-refractivity contribution in [3.8, 4) is 0 Å². The molecule has 0 heteroatoms. The summed E-state index contributed by atoms with van der Waals surface area (Å²) >= 11 is 0. The van der Waals surface area contributed by atoms with Crippen LogP contribution in [0.3, 0.4) is 0 Å². The summed E-state index contributed by atoms with van der Waals surface area (Å²) in [6, 6.07) is 0. The van der Waals surface area contributed by atoms with Gasteiger partial charge in [-0.3, -0.25) is 0 Å². The first-order valence-electron chi connectivity index (χ1n) is 4.01. The predicted octanol–water partition coefficient (Wildman–Crippen LogP) is 3.48. The summed E-state index contributed by atoms with van der Waals surface area (Å²) in [4.78, 5) is 0. The fourth-order valence-corrected chi connectivity index (χ4v) is 1.34. The average molecular weight is 148 g/mol. The molecule has 0 aromatic rings. The highest BCUT2D eigenvalue weighted by molar-refractivity contribution is 5.46. The molecule has 1 unspecified atom stereocenters. The van der Waals surface area contributed by atoms with Crippen molar-refractivity contribution >= 4 is 0 Å². The quantitative estimate of drug-likeness (QED) is 0.526. The number of allylic oxidation sites excluding steroid dienone is 4. The van der Waals surface area contributed by atoms with Crippen LogP contribution in [0.2, 0.25) is 0 Å². The Balaban J connectivity index is 2.89. The van der Waals surface area contributed by atoms with Gasteiger partial charge in [0, 0.05) is 5.41 Å². The minimum absolute atomic E-state index is 0.295.